The number of ketones is 2. The number of Topliss-reactive ketones (excluding diaryl/α,β-unsaturated/α-hetero) is 1. The molecule has 0 spiro atoms. The van der Waals surface area contributed by atoms with Gasteiger partial charge in [-0.3, -0.25) is 38.4 Å². The van der Waals surface area contributed by atoms with Crippen LogP contribution in [0, 0.1) is 68.6 Å². The molecular formula is C100H159N14O25+. The molecule has 16 atom stereocenters. The third kappa shape index (κ3) is 34.3. The summed E-state index contributed by atoms with van der Waals surface area (Å²) in [4.78, 5) is 148. The Kier molecular flexibility index (Phi) is 46.7. The number of carbonyl (C=O) groups is 11. The van der Waals surface area contributed by atoms with Crippen LogP contribution in [-0.2, 0) is 107 Å². The van der Waals surface area contributed by atoms with Crippen molar-refractivity contribution < 1.29 is 124 Å². The molecule has 9 rings (SSSR count). The zero-order valence-corrected chi connectivity index (χ0v) is 83.6. The lowest BCUT2D eigenvalue weighted by Gasteiger charge is -2.59. The van der Waals surface area contributed by atoms with Crippen LogP contribution >= 0.6 is 0 Å². The van der Waals surface area contributed by atoms with Gasteiger partial charge in [-0.05, 0) is 155 Å². The molecule has 1 aliphatic heterocycles. The molecule has 1 heterocycles. The number of likely N-dealkylation sites (N-methyl/N-ethyl adjacent to an activating group) is 1. The first-order valence-electron chi connectivity index (χ1n) is 50.2. The molecule has 1 aromatic rings. The molecule has 8 aliphatic rings. The van der Waals surface area contributed by atoms with Gasteiger partial charge in [0.1, 0.15) is 43.1 Å². The van der Waals surface area contributed by atoms with Gasteiger partial charge in [-0.2, -0.15) is 5.11 Å². The van der Waals surface area contributed by atoms with E-state index in [-0.39, 0.29) is 151 Å². The molecule has 4 saturated carbocycles. The third-order valence-corrected chi connectivity index (χ3v) is 28.7. The minimum absolute atomic E-state index is 0.00202. The van der Waals surface area contributed by atoms with Gasteiger partial charge in [0.05, 0.1) is 165 Å². The van der Waals surface area contributed by atoms with Crippen molar-refractivity contribution in [3.05, 3.63) is 65.0 Å². The van der Waals surface area contributed by atoms with Crippen LogP contribution < -0.4 is 58.9 Å². The number of amides is 10. The molecule has 0 bridgehead atoms. The molecule has 10 amide bonds. The Balaban J connectivity index is 0.719. The minimum atomic E-state index is -1.47. The molecule has 778 valence electrons. The molecule has 0 radical (unpaired) electrons. The summed E-state index contributed by atoms with van der Waals surface area (Å²) in [6.45, 7) is 20.5. The van der Waals surface area contributed by atoms with Crippen LogP contribution in [0.1, 0.15) is 195 Å². The second-order valence-corrected chi connectivity index (χ2v) is 39.7. The molecule has 39 heteroatoms. The number of aliphatic hydroxyl groups excluding tert-OH is 1. The second kappa shape index (κ2) is 57.2. The number of benzene rings is 1. The number of primary amides is 1. The number of unbranched alkanes of at least 4 members (excludes halogenated alkanes) is 1. The van der Waals surface area contributed by atoms with E-state index in [1.54, 1.807) is 50.3 Å². The monoisotopic (exact) mass is 1960 g/mol. The third-order valence-electron chi connectivity index (χ3n) is 28.7. The summed E-state index contributed by atoms with van der Waals surface area (Å²) >= 11 is 0. The Hall–Kier alpha value is -9.15. The lowest BCUT2D eigenvalue weighted by Crippen LogP contribution is -2.64. The van der Waals surface area contributed by atoms with E-state index < -0.39 is 119 Å². The van der Waals surface area contributed by atoms with E-state index >= 15 is 0 Å². The Bertz CT molecular complexity index is 4310. The number of nitrogens with two attached hydrogens (primary N) is 1. The smallest absolute Gasteiger partial charge is 0.407 e. The molecule has 14 N–H and O–H groups in total. The highest BCUT2D eigenvalue weighted by Gasteiger charge is 2.76. The van der Waals surface area contributed by atoms with E-state index in [0.29, 0.717) is 160 Å². The van der Waals surface area contributed by atoms with E-state index in [1.807, 2.05) is 19.9 Å². The van der Waals surface area contributed by atoms with E-state index in [2.05, 4.69) is 112 Å². The number of nitrogens with one attached hydrogen (secondary N) is 11. The number of nitrogens with zero attached hydrogens (tertiary/aromatic N) is 2. The molecule has 39 nitrogen and oxygen atoms in total. The Morgan fingerprint density at radius 3 is 1.86 bits per heavy atom. The highest BCUT2D eigenvalue weighted by atomic mass is 16.7. The van der Waals surface area contributed by atoms with E-state index in [4.69, 9.17) is 72.8 Å². The summed E-state index contributed by atoms with van der Waals surface area (Å²) in [6, 6.07) is 1.88. The first-order chi connectivity index (χ1) is 66.7. The summed E-state index contributed by atoms with van der Waals surface area (Å²) in [5.74, 6) is 2.44. The number of hydrogen-bond acceptors (Lipinski definition) is 28. The quantitative estimate of drug-likeness (QED) is 0.0132. The van der Waals surface area contributed by atoms with Crippen molar-refractivity contribution >= 4 is 70.9 Å². The van der Waals surface area contributed by atoms with Crippen molar-refractivity contribution in [3.63, 3.8) is 0 Å². The number of hydrogen-bond donors (Lipinski definition) is 13. The molecule has 7 aliphatic carbocycles. The number of ether oxygens (including phenoxy) is 13. The number of allylic oxidation sites excluding steroid dienone is 5. The number of alkyl carbamates (subject to hydrolysis) is 2. The van der Waals surface area contributed by atoms with Gasteiger partial charge in [-0.1, -0.05) is 91.5 Å². The van der Waals surface area contributed by atoms with Gasteiger partial charge < -0.3 is 130 Å². The summed E-state index contributed by atoms with van der Waals surface area (Å²) in [6.07, 6.45) is 13.2. The number of urea groups is 1. The number of anilines is 1. The average molecular weight is 1960 g/mol. The Labute approximate surface area is 819 Å². The Morgan fingerprint density at radius 2 is 1.23 bits per heavy atom. The summed E-state index contributed by atoms with van der Waals surface area (Å²) in [7, 11) is 6.21. The van der Waals surface area contributed by atoms with Crippen LogP contribution in [0.5, 0.6) is 0 Å². The minimum Gasteiger partial charge on any atom is -0.449 e. The van der Waals surface area contributed by atoms with Gasteiger partial charge in [-0.25, -0.2) is 19.9 Å². The molecule has 5 fully saturated rings. The number of aliphatic hydroxyl groups is 1. The van der Waals surface area contributed by atoms with E-state index in [9.17, 15) is 57.8 Å². The molecule has 1 aromatic carbocycles. The van der Waals surface area contributed by atoms with Crippen LogP contribution in [0.3, 0.4) is 0 Å². The van der Waals surface area contributed by atoms with E-state index in [0.717, 1.165) is 80.1 Å². The van der Waals surface area contributed by atoms with E-state index in [1.165, 1.54) is 0 Å². The maximum Gasteiger partial charge on any atom is 0.407 e. The standard InChI is InChI=1S/C100H158N14O25/c1-11-22-86-138-82-62-74-73-32-29-70-61-72(115)33-38-96(70,4)87(73)78(116)63-99(74,7)100(82,139-86)81(117)64-108-95(126)136-65-69-27-30-71(31-28-69)109-90(121)77(25-21-40-106-93(101)124)111-92(123)88(68(2)3)112-91(122)76(110-84(119)35-46-128-50-54-132-58-60-134-56-52-130-48-43-107-94(125)137-66-80-97(5)36-18-12-13-19-37-98(80,97)6)24-17-20-39-104-85(120)67-135-79-26-16-14-15-23-75(89(79)113-102)103-42-47-129-51-55-133-59-57-131-53-49-127-45-34-83(118)105-41-44-114(8,9)10/h27-28,30-31,33,38,61,68,73-74,76-80,82,86-88,116H,11,14-26,29,32,34-37,39-60,62-67H2,1-10H3,(H12-,101,102,103,104,105,106,107,108,109,110,111,112,118,119,120,121,122,123,124,125,126)/p+1/t73-,74?,76+,77-,78-,79?,80-,82+,86?,87?,88-,96-,97+,98-,99-,100+/m0/s1. The fourth-order valence-corrected chi connectivity index (χ4v) is 20.8. The van der Waals surface area contributed by atoms with Crippen LogP contribution in [0.2, 0.25) is 0 Å². The van der Waals surface area contributed by atoms with Crippen molar-refractivity contribution in [2.45, 2.75) is 245 Å². The maximum absolute atomic E-state index is 14.9. The van der Waals surface area contributed by atoms with Gasteiger partial charge in [-0.15, -0.1) is 11.8 Å². The first kappa shape index (κ1) is 113. The summed E-state index contributed by atoms with van der Waals surface area (Å²) in [5.41, 5.74) is 13.9. The van der Waals surface area contributed by atoms with Gasteiger partial charge in [0, 0.05) is 85.9 Å². The van der Waals surface area contributed by atoms with Gasteiger partial charge in [0.15, 0.2) is 23.5 Å². The average Bonchev–Trinajstić information content (AvgIpc) is 1.54. The number of rotatable bonds is 64. The van der Waals surface area contributed by atoms with Gasteiger partial charge in [0.2, 0.25) is 35.4 Å². The lowest BCUT2D eigenvalue weighted by molar-refractivity contribution is -0.869. The van der Waals surface area contributed by atoms with Gasteiger partial charge >= 0.3 is 18.2 Å². The second-order valence-electron chi connectivity index (χ2n) is 39.7. The molecule has 1 saturated heterocycles. The molecule has 139 heavy (non-hydrogen) atoms. The summed E-state index contributed by atoms with van der Waals surface area (Å²) in [5, 5.41) is 44.4. The summed E-state index contributed by atoms with van der Waals surface area (Å²) < 4.78 is 76.7. The van der Waals surface area contributed by atoms with Gasteiger partial charge in [0.25, 0.3) is 0 Å². The van der Waals surface area contributed by atoms with Crippen molar-refractivity contribution in [1.29, 1.82) is 5.53 Å². The molecule has 4 unspecified atom stereocenters. The normalized spacial score (nSPS) is 26.2. The van der Waals surface area contributed by atoms with Crippen molar-refractivity contribution in [1.82, 2.24) is 47.9 Å². The fourth-order valence-electron chi connectivity index (χ4n) is 20.8. The number of quaternary nitrogens is 1. The number of carbonyl (C=O) groups excluding carboxylic acids is 11. The highest BCUT2D eigenvalue weighted by molar-refractivity contribution is 6.01. The van der Waals surface area contributed by atoms with Crippen molar-refractivity contribution in [2.24, 2.45) is 62.1 Å². The highest BCUT2D eigenvalue weighted by Crippen LogP contribution is 2.74. The maximum atomic E-state index is 14.9. The molecule has 0 aromatic heterocycles. The van der Waals surface area contributed by atoms with Crippen molar-refractivity contribution in [3.8, 4) is 11.8 Å². The topological polar surface area (TPSA) is 511 Å². The van der Waals surface area contributed by atoms with Crippen LogP contribution in [0.4, 0.5) is 20.1 Å². The largest absolute Gasteiger partial charge is 0.449 e. The predicted molar refractivity (Wildman–Crippen MR) is 513 cm³/mol. The van der Waals surface area contributed by atoms with Crippen LogP contribution in [0.15, 0.2) is 64.6 Å². The zero-order chi connectivity index (χ0) is 100. The fraction of sp³-hybridized carbons (Fsp3) is 0.750. The molecular weight excluding hydrogens is 1800 g/mol. The number of fused-ring (bicyclic) bond motifs is 8. The zero-order valence-electron chi connectivity index (χ0n) is 83.6. The first-order valence-corrected chi connectivity index (χ1v) is 50.2. The van der Waals surface area contributed by atoms with Crippen LogP contribution in [0.25, 0.3) is 0 Å². The lowest BCUT2D eigenvalue weighted by atomic mass is 9.46. The SMILES string of the molecule is CCCC1O[C@@H]2CC3[C@@H]4CCC5=CC(=O)C=C[C@]5(C)C4[C@@H](O)C[C@]3(C)[C@]2(C(=O)CNC(=O)OCc2ccc(NC(=O)[C@H](CCCNC(N)=O)NC(=O)[C@@H](NC(=O)[C@@H](CCCCNC(=O)COC3CCCCC/C(NCCOCCOCCOCCOCCC(=O)NCC[N+](C)(C)C)=C\3N=N)NC(=O)CCOCCOCCOCCOCCNC(=O)OC[C@@H]3[C@]4(C)CCC#CCC[C@]34C)C(C)C)cc2)O1. The van der Waals surface area contributed by atoms with Crippen molar-refractivity contribution in [2.75, 3.05) is 191 Å². The predicted octanol–water partition coefficient (Wildman–Crippen LogP) is 7.30. The Morgan fingerprint density at radius 1 is 0.633 bits per heavy atom. The van der Waals surface area contributed by atoms with Crippen LogP contribution in [-0.4, -0.2) is 309 Å².